The SMILES string of the molecule is C=CCC(N)C(=O)Nc1ccc(Br)c(C(F)(F)F)c1. The Hall–Kier alpha value is -1.34. The molecule has 0 spiro atoms. The van der Waals surface area contributed by atoms with Gasteiger partial charge in [-0.15, -0.1) is 6.58 Å². The maximum atomic E-state index is 12.7. The molecule has 0 aliphatic carbocycles. The molecule has 0 bridgehead atoms. The van der Waals surface area contributed by atoms with E-state index in [1.165, 1.54) is 18.2 Å². The summed E-state index contributed by atoms with van der Waals surface area (Å²) in [5.41, 5.74) is 4.70. The Morgan fingerprint density at radius 2 is 2.16 bits per heavy atom. The lowest BCUT2D eigenvalue weighted by atomic mass is 10.1. The van der Waals surface area contributed by atoms with Gasteiger partial charge in [0.1, 0.15) is 0 Å². The van der Waals surface area contributed by atoms with E-state index in [0.29, 0.717) is 0 Å². The van der Waals surface area contributed by atoms with Crippen LogP contribution >= 0.6 is 15.9 Å². The number of nitrogens with one attached hydrogen (secondary N) is 1. The van der Waals surface area contributed by atoms with Crippen LogP contribution in [0.25, 0.3) is 0 Å². The van der Waals surface area contributed by atoms with Gasteiger partial charge in [0, 0.05) is 10.2 Å². The Balaban J connectivity index is 2.92. The zero-order valence-corrected chi connectivity index (χ0v) is 11.4. The molecule has 1 aromatic carbocycles. The first kappa shape index (κ1) is 15.7. The third kappa shape index (κ3) is 4.36. The van der Waals surface area contributed by atoms with E-state index < -0.39 is 23.7 Å². The molecule has 3 N–H and O–H groups in total. The Labute approximate surface area is 116 Å². The number of carbonyl (C=O) groups is 1. The second-order valence-electron chi connectivity index (χ2n) is 3.81. The number of benzene rings is 1. The van der Waals surface area contributed by atoms with Crippen LogP contribution in [0.15, 0.2) is 35.3 Å². The largest absolute Gasteiger partial charge is 0.417 e. The first-order valence-corrected chi connectivity index (χ1v) is 6.09. The van der Waals surface area contributed by atoms with E-state index in [9.17, 15) is 18.0 Å². The second kappa shape index (κ2) is 6.21. The minimum Gasteiger partial charge on any atom is -0.325 e. The van der Waals surface area contributed by atoms with Crippen LogP contribution in [0.3, 0.4) is 0 Å². The van der Waals surface area contributed by atoms with Gasteiger partial charge >= 0.3 is 6.18 Å². The highest BCUT2D eigenvalue weighted by atomic mass is 79.9. The molecule has 1 amide bonds. The number of hydrogen-bond donors (Lipinski definition) is 2. The van der Waals surface area contributed by atoms with E-state index >= 15 is 0 Å². The highest BCUT2D eigenvalue weighted by Crippen LogP contribution is 2.36. The van der Waals surface area contributed by atoms with Crippen molar-refractivity contribution in [2.24, 2.45) is 5.73 Å². The molecule has 3 nitrogen and oxygen atoms in total. The van der Waals surface area contributed by atoms with Gasteiger partial charge < -0.3 is 11.1 Å². The quantitative estimate of drug-likeness (QED) is 0.829. The number of rotatable bonds is 4. The molecule has 0 aromatic heterocycles. The van der Waals surface area contributed by atoms with Crippen LogP contribution in [0.5, 0.6) is 0 Å². The van der Waals surface area contributed by atoms with Crippen molar-refractivity contribution in [3.8, 4) is 0 Å². The van der Waals surface area contributed by atoms with E-state index in [0.717, 1.165) is 6.07 Å². The minimum atomic E-state index is -4.50. The van der Waals surface area contributed by atoms with Crippen molar-refractivity contribution in [2.75, 3.05) is 5.32 Å². The van der Waals surface area contributed by atoms with Crippen molar-refractivity contribution in [3.63, 3.8) is 0 Å². The van der Waals surface area contributed by atoms with Crippen LogP contribution in [0.4, 0.5) is 18.9 Å². The van der Waals surface area contributed by atoms with Gasteiger partial charge in [-0.3, -0.25) is 4.79 Å². The number of anilines is 1. The number of carbonyl (C=O) groups excluding carboxylic acids is 1. The lowest BCUT2D eigenvalue weighted by molar-refractivity contribution is -0.138. The van der Waals surface area contributed by atoms with Crippen molar-refractivity contribution < 1.29 is 18.0 Å². The smallest absolute Gasteiger partial charge is 0.325 e. The maximum absolute atomic E-state index is 12.7. The van der Waals surface area contributed by atoms with Crippen LogP contribution < -0.4 is 11.1 Å². The molecule has 7 heteroatoms. The molecule has 0 aliphatic heterocycles. The molecule has 0 aliphatic rings. The van der Waals surface area contributed by atoms with Gasteiger partial charge in [-0.1, -0.05) is 22.0 Å². The van der Waals surface area contributed by atoms with Crippen molar-refractivity contribution in [2.45, 2.75) is 18.6 Å². The predicted molar refractivity (Wildman–Crippen MR) is 70.6 cm³/mol. The van der Waals surface area contributed by atoms with Gasteiger partial charge in [0.2, 0.25) is 5.91 Å². The van der Waals surface area contributed by atoms with Crippen LogP contribution in [0.1, 0.15) is 12.0 Å². The van der Waals surface area contributed by atoms with Gasteiger partial charge in [-0.05, 0) is 24.6 Å². The molecule has 0 heterocycles. The maximum Gasteiger partial charge on any atom is 0.417 e. The summed E-state index contributed by atoms with van der Waals surface area (Å²) in [6.07, 6.45) is -2.79. The first-order valence-electron chi connectivity index (χ1n) is 5.29. The highest BCUT2D eigenvalue weighted by molar-refractivity contribution is 9.10. The number of hydrogen-bond acceptors (Lipinski definition) is 2. The molecule has 0 radical (unpaired) electrons. The summed E-state index contributed by atoms with van der Waals surface area (Å²) in [5.74, 6) is -0.560. The summed E-state index contributed by atoms with van der Waals surface area (Å²) in [6.45, 7) is 3.43. The standard InChI is InChI=1S/C12H12BrF3N2O/c1-2-3-10(17)11(19)18-7-4-5-9(13)8(6-7)12(14,15)16/h2,4-6,10H,1,3,17H2,(H,18,19). The Morgan fingerprint density at radius 1 is 1.53 bits per heavy atom. The number of amides is 1. The number of alkyl halides is 3. The van der Waals surface area contributed by atoms with Crippen molar-refractivity contribution in [1.82, 2.24) is 0 Å². The van der Waals surface area contributed by atoms with Crippen LogP contribution in [0.2, 0.25) is 0 Å². The zero-order chi connectivity index (χ0) is 14.6. The summed E-state index contributed by atoms with van der Waals surface area (Å²) < 4.78 is 37.9. The van der Waals surface area contributed by atoms with E-state index in [2.05, 4.69) is 27.8 Å². The summed E-state index contributed by atoms with van der Waals surface area (Å²) in [5, 5.41) is 2.33. The highest BCUT2D eigenvalue weighted by Gasteiger charge is 2.33. The Morgan fingerprint density at radius 3 is 2.68 bits per heavy atom. The average molecular weight is 337 g/mol. The van der Waals surface area contributed by atoms with E-state index in [-0.39, 0.29) is 16.6 Å². The normalized spacial score (nSPS) is 12.9. The molecule has 0 saturated heterocycles. The molecule has 1 aromatic rings. The molecule has 0 saturated carbocycles. The van der Waals surface area contributed by atoms with E-state index in [4.69, 9.17) is 5.73 Å². The van der Waals surface area contributed by atoms with Gasteiger partial charge in [0.05, 0.1) is 11.6 Å². The van der Waals surface area contributed by atoms with Gasteiger partial charge in [0.15, 0.2) is 0 Å². The van der Waals surface area contributed by atoms with Crippen molar-refractivity contribution >= 4 is 27.5 Å². The predicted octanol–water partition coefficient (Wildman–Crippen LogP) is 3.31. The molecular weight excluding hydrogens is 325 g/mol. The summed E-state index contributed by atoms with van der Waals surface area (Å²) >= 11 is 2.82. The fourth-order valence-electron chi connectivity index (χ4n) is 1.34. The van der Waals surface area contributed by atoms with Crippen LogP contribution in [-0.4, -0.2) is 11.9 Å². The molecular formula is C12H12BrF3N2O. The molecule has 19 heavy (non-hydrogen) atoms. The third-order valence-corrected chi connectivity index (χ3v) is 2.99. The summed E-state index contributed by atoms with van der Waals surface area (Å²) in [6, 6.07) is 2.59. The van der Waals surface area contributed by atoms with Gasteiger partial charge in [-0.25, -0.2) is 0 Å². The fraction of sp³-hybridized carbons (Fsp3) is 0.250. The molecule has 1 unspecified atom stereocenters. The Kier molecular flexibility index (Phi) is 5.13. The third-order valence-electron chi connectivity index (χ3n) is 2.30. The minimum absolute atomic E-state index is 0.0417. The van der Waals surface area contributed by atoms with Crippen molar-refractivity contribution in [1.29, 1.82) is 0 Å². The van der Waals surface area contributed by atoms with E-state index in [1.807, 2.05) is 0 Å². The lowest BCUT2D eigenvalue weighted by Gasteiger charge is -2.13. The number of nitrogens with two attached hydrogens (primary N) is 1. The summed E-state index contributed by atoms with van der Waals surface area (Å²) in [4.78, 5) is 11.6. The Bertz CT molecular complexity index is 488. The molecule has 104 valence electrons. The monoisotopic (exact) mass is 336 g/mol. The lowest BCUT2D eigenvalue weighted by Crippen LogP contribution is -2.35. The van der Waals surface area contributed by atoms with Crippen molar-refractivity contribution in [3.05, 3.63) is 40.9 Å². The second-order valence-corrected chi connectivity index (χ2v) is 4.67. The van der Waals surface area contributed by atoms with Gasteiger partial charge in [0.25, 0.3) is 0 Å². The summed E-state index contributed by atoms with van der Waals surface area (Å²) in [7, 11) is 0. The van der Waals surface area contributed by atoms with Gasteiger partial charge in [-0.2, -0.15) is 13.2 Å². The van der Waals surface area contributed by atoms with E-state index in [1.54, 1.807) is 0 Å². The average Bonchev–Trinajstić information content (AvgIpc) is 2.30. The topological polar surface area (TPSA) is 55.1 Å². The molecule has 1 atom stereocenters. The fourth-order valence-corrected chi connectivity index (χ4v) is 1.81. The van der Waals surface area contributed by atoms with Crippen LogP contribution in [0, 0.1) is 0 Å². The molecule has 0 fully saturated rings. The zero-order valence-electron chi connectivity index (χ0n) is 9.80. The molecule has 1 rings (SSSR count). The number of halogens is 4. The van der Waals surface area contributed by atoms with Crippen LogP contribution in [-0.2, 0) is 11.0 Å². The first-order chi connectivity index (χ1) is 8.75.